The van der Waals surface area contributed by atoms with Gasteiger partial charge >= 0.3 is 0 Å². The van der Waals surface area contributed by atoms with E-state index in [1.165, 1.54) is 4.31 Å². The molecule has 138 valence electrons. The molecule has 1 aromatic carbocycles. The summed E-state index contributed by atoms with van der Waals surface area (Å²) in [6.07, 6.45) is 0. The number of sulfonamides is 1. The second-order valence-corrected chi connectivity index (χ2v) is 8.50. The van der Waals surface area contributed by atoms with Crippen molar-refractivity contribution in [2.45, 2.75) is 32.2 Å². The molecule has 0 amide bonds. The monoisotopic (exact) mass is 383 g/mol. The smallest absolute Gasteiger partial charge is 0.243 e. The van der Waals surface area contributed by atoms with E-state index in [1.807, 2.05) is 37.6 Å². The molecule has 2 rings (SSSR count). The molecule has 0 spiro atoms. The van der Waals surface area contributed by atoms with Gasteiger partial charge in [0.15, 0.2) is 0 Å². The first kappa shape index (κ1) is 19.9. The number of nitrogens with zero attached hydrogens (tertiary/aromatic N) is 1. The molecule has 0 aliphatic rings. The minimum Gasteiger partial charge on any atom is -0.493 e. The average molecular weight is 384 g/mol. The van der Waals surface area contributed by atoms with Crippen molar-refractivity contribution in [2.24, 2.45) is 0 Å². The van der Waals surface area contributed by atoms with E-state index in [2.05, 4.69) is 0 Å². The second kappa shape index (κ2) is 8.80. The zero-order chi connectivity index (χ0) is 18.4. The van der Waals surface area contributed by atoms with Crippen LogP contribution in [0.15, 0.2) is 33.9 Å². The van der Waals surface area contributed by atoms with Gasteiger partial charge in [-0.05, 0) is 66.4 Å². The highest BCUT2D eigenvalue weighted by Gasteiger charge is 2.26. The van der Waals surface area contributed by atoms with Crippen molar-refractivity contribution in [1.82, 2.24) is 4.31 Å². The van der Waals surface area contributed by atoms with Gasteiger partial charge in [0.05, 0.1) is 18.1 Å². The Balaban J connectivity index is 2.38. The van der Waals surface area contributed by atoms with Gasteiger partial charge in [-0.25, -0.2) is 8.42 Å². The van der Waals surface area contributed by atoms with Gasteiger partial charge in [-0.1, -0.05) is 0 Å². The summed E-state index contributed by atoms with van der Waals surface area (Å²) >= 11 is 1.55. The third-order valence-corrected chi connectivity index (χ3v) is 6.40. The predicted octanol–water partition coefficient (Wildman–Crippen LogP) is 3.60. The van der Waals surface area contributed by atoms with Crippen LogP contribution < -0.4 is 4.74 Å². The maximum Gasteiger partial charge on any atom is 0.243 e. The van der Waals surface area contributed by atoms with Gasteiger partial charge < -0.3 is 9.47 Å². The molecular formula is C18H25NO4S2. The van der Waals surface area contributed by atoms with Gasteiger partial charge in [-0.15, -0.1) is 0 Å². The first-order valence-electron chi connectivity index (χ1n) is 8.14. The Labute approximate surface area is 154 Å². The quantitative estimate of drug-likeness (QED) is 0.664. The van der Waals surface area contributed by atoms with Crippen molar-refractivity contribution < 1.29 is 17.9 Å². The summed E-state index contributed by atoms with van der Waals surface area (Å²) in [7, 11) is -2.05. The average Bonchev–Trinajstić information content (AvgIpc) is 3.07. The minimum atomic E-state index is -3.62. The predicted molar refractivity (Wildman–Crippen MR) is 101 cm³/mol. The molecule has 0 aliphatic carbocycles. The molecule has 1 aromatic heterocycles. The van der Waals surface area contributed by atoms with Crippen molar-refractivity contribution in [2.75, 3.05) is 26.9 Å². The van der Waals surface area contributed by atoms with Crippen LogP contribution in [0.5, 0.6) is 5.75 Å². The third kappa shape index (κ3) is 4.82. The summed E-state index contributed by atoms with van der Waals surface area (Å²) in [6, 6.07) is 5.30. The summed E-state index contributed by atoms with van der Waals surface area (Å²) in [5.41, 5.74) is 2.62. The molecule has 0 saturated heterocycles. The summed E-state index contributed by atoms with van der Waals surface area (Å²) < 4.78 is 38.5. The van der Waals surface area contributed by atoms with Crippen molar-refractivity contribution in [3.63, 3.8) is 0 Å². The van der Waals surface area contributed by atoms with Crippen LogP contribution in [0.4, 0.5) is 0 Å². The molecule has 2 aromatic rings. The zero-order valence-corrected chi connectivity index (χ0v) is 16.7. The van der Waals surface area contributed by atoms with Crippen molar-refractivity contribution in [3.05, 3.63) is 45.6 Å². The highest BCUT2D eigenvalue weighted by molar-refractivity contribution is 7.89. The number of hydrogen-bond donors (Lipinski definition) is 0. The topological polar surface area (TPSA) is 55.8 Å². The Hall–Kier alpha value is -1.41. The number of thiophene rings is 1. The highest BCUT2D eigenvalue weighted by Crippen LogP contribution is 2.29. The second-order valence-electron chi connectivity index (χ2n) is 5.78. The fraction of sp³-hybridized carbons (Fsp3) is 0.444. The Kier molecular flexibility index (Phi) is 7.01. The van der Waals surface area contributed by atoms with Crippen LogP contribution in [0.25, 0.3) is 0 Å². The Morgan fingerprint density at radius 2 is 1.88 bits per heavy atom. The van der Waals surface area contributed by atoms with E-state index in [4.69, 9.17) is 9.47 Å². The molecule has 7 heteroatoms. The molecule has 0 fully saturated rings. The van der Waals surface area contributed by atoms with Crippen LogP contribution in [0.3, 0.4) is 0 Å². The molecule has 0 aliphatic heterocycles. The van der Waals surface area contributed by atoms with Crippen molar-refractivity contribution >= 4 is 21.4 Å². The standard InChI is InChI=1S/C18H25NO4S2/c1-5-23-18-14(2)10-17(11-15(18)3)25(20,21)19(7-8-22-4)12-16-6-9-24-13-16/h6,9-11,13H,5,7-8,12H2,1-4H3. The minimum absolute atomic E-state index is 0.289. The van der Waals surface area contributed by atoms with Gasteiger partial charge in [0.25, 0.3) is 0 Å². The molecular weight excluding hydrogens is 358 g/mol. The lowest BCUT2D eigenvalue weighted by Gasteiger charge is -2.22. The molecule has 0 unspecified atom stereocenters. The molecule has 25 heavy (non-hydrogen) atoms. The lowest BCUT2D eigenvalue weighted by atomic mass is 10.1. The van der Waals surface area contributed by atoms with Gasteiger partial charge in [0.1, 0.15) is 5.75 Å². The van der Waals surface area contributed by atoms with Crippen LogP contribution in [-0.4, -0.2) is 39.6 Å². The van der Waals surface area contributed by atoms with Gasteiger partial charge in [-0.2, -0.15) is 15.6 Å². The lowest BCUT2D eigenvalue weighted by Crippen LogP contribution is -2.33. The summed E-state index contributed by atoms with van der Waals surface area (Å²) in [5, 5.41) is 3.91. The van der Waals surface area contributed by atoms with Crippen molar-refractivity contribution in [1.29, 1.82) is 0 Å². The highest BCUT2D eigenvalue weighted by atomic mass is 32.2. The van der Waals surface area contributed by atoms with E-state index in [1.54, 1.807) is 30.6 Å². The van der Waals surface area contributed by atoms with Gasteiger partial charge in [0.2, 0.25) is 10.0 Å². The molecule has 0 N–H and O–H groups in total. The Bertz CT molecular complexity index is 762. The maximum atomic E-state index is 13.2. The van der Waals surface area contributed by atoms with Crippen LogP contribution in [0.1, 0.15) is 23.6 Å². The Morgan fingerprint density at radius 1 is 1.20 bits per heavy atom. The Morgan fingerprint density at radius 3 is 2.40 bits per heavy atom. The van der Waals surface area contributed by atoms with Gasteiger partial charge in [0, 0.05) is 20.2 Å². The number of hydrogen-bond acceptors (Lipinski definition) is 5. The van der Waals surface area contributed by atoms with E-state index in [0.29, 0.717) is 26.3 Å². The zero-order valence-electron chi connectivity index (χ0n) is 15.1. The number of methoxy groups -OCH3 is 1. The molecule has 0 saturated carbocycles. The van der Waals surface area contributed by atoms with Crippen LogP contribution in [0, 0.1) is 13.8 Å². The van der Waals surface area contributed by atoms with Crippen molar-refractivity contribution in [3.8, 4) is 5.75 Å². The number of ether oxygens (including phenoxy) is 2. The van der Waals surface area contributed by atoms with Crippen LogP contribution in [0.2, 0.25) is 0 Å². The first-order chi connectivity index (χ1) is 11.9. The summed E-state index contributed by atoms with van der Waals surface area (Å²) in [4.78, 5) is 0.289. The summed E-state index contributed by atoms with van der Waals surface area (Å²) in [6.45, 7) is 7.19. The number of rotatable bonds is 9. The van der Waals surface area contributed by atoms with E-state index < -0.39 is 10.0 Å². The molecule has 0 bridgehead atoms. The lowest BCUT2D eigenvalue weighted by molar-refractivity contribution is 0.177. The van der Waals surface area contributed by atoms with Crippen LogP contribution in [-0.2, 0) is 21.3 Å². The summed E-state index contributed by atoms with van der Waals surface area (Å²) in [5.74, 6) is 0.753. The van der Waals surface area contributed by atoms with E-state index in [9.17, 15) is 8.42 Å². The van der Waals surface area contributed by atoms with E-state index in [0.717, 1.165) is 22.4 Å². The third-order valence-electron chi connectivity index (χ3n) is 3.84. The SMILES string of the molecule is CCOc1c(C)cc(S(=O)(=O)N(CCOC)Cc2ccsc2)cc1C. The molecule has 0 atom stereocenters. The fourth-order valence-electron chi connectivity index (χ4n) is 2.64. The molecule has 1 heterocycles. The molecule has 0 radical (unpaired) electrons. The largest absolute Gasteiger partial charge is 0.493 e. The normalized spacial score (nSPS) is 11.9. The van der Waals surface area contributed by atoms with Crippen LogP contribution >= 0.6 is 11.3 Å². The van der Waals surface area contributed by atoms with E-state index in [-0.39, 0.29) is 4.90 Å². The van der Waals surface area contributed by atoms with E-state index >= 15 is 0 Å². The number of benzene rings is 1. The first-order valence-corrected chi connectivity index (χ1v) is 10.5. The fourth-order valence-corrected chi connectivity index (χ4v) is 4.89. The molecule has 5 nitrogen and oxygen atoms in total. The van der Waals surface area contributed by atoms with Gasteiger partial charge in [-0.3, -0.25) is 0 Å². The number of aryl methyl sites for hydroxylation is 2. The maximum absolute atomic E-state index is 13.2.